The van der Waals surface area contributed by atoms with Crippen molar-refractivity contribution in [3.05, 3.63) is 95.3 Å². The van der Waals surface area contributed by atoms with E-state index in [1.165, 1.54) is 10.5 Å². The van der Waals surface area contributed by atoms with Crippen LogP contribution in [0.4, 0.5) is 0 Å². The number of hydrogen-bond donors (Lipinski definition) is 1. The summed E-state index contributed by atoms with van der Waals surface area (Å²) in [4.78, 5) is 42.3. The molecule has 2 amide bonds. The van der Waals surface area contributed by atoms with Gasteiger partial charge in [-0.05, 0) is 75.8 Å². The first kappa shape index (κ1) is 24.1. The van der Waals surface area contributed by atoms with E-state index in [9.17, 15) is 9.59 Å². The maximum atomic E-state index is 12.8. The Morgan fingerprint density at radius 3 is 2.61 bits per heavy atom. The van der Waals surface area contributed by atoms with Crippen LogP contribution in [0.1, 0.15) is 87.7 Å². The summed E-state index contributed by atoms with van der Waals surface area (Å²) in [5.74, 6) is 0.567. The van der Waals surface area contributed by atoms with Crippen molar-refractivity contribution in [1.29, 1.82) is 0 Å². The molecule has 0 radical (unpaired) electrons. The molecule has 2 aliphatic rings. The predicted molar refractivity (Wildman–Crippen MR) is 139 cm³/mol. The zero-order valence-corrected chi connectivity index (χ0v) is 20.8. The molecule has 0 saturated heterocycles. The number of H-pyrrole nitrogens is 1. The minimum absolute atomic E-state index is 0.0495. The highest BCUT2D eigenvalue weighted by Crippen LogP contribution is 2.39. The number of imide groups is 1. The summed E-state index contributed by atoms with van der Waals surface area (Å²) >= 11 is 0. The number of aryl methyl sites for hydroxylation is 2. The zero-order chi connectivity index (χ0) is 25.1. The molecule has 2 aromatic heterocycles. The number of carbonyl (C=O) groups is 2. The van der Waals surface area contributed by atoms with E-state index >= 15 is 0 Å². The molecule has 186 valence electrons. The van der Waals surface area contributed by atoms with Gasteiger partial charge in [-0.2, -0.15) is 0 Å². The lowest BCUT2D eigenvalue weighted by molar-refractivity contribution is 0.0644. The third-order valence-corrected chi connectivity index (χ3v) is 7.32. The molecule has 7 heteroatoms. The number of amides is 2. The first-order chi connectivity index (χ1) is 17.6. The molecule has 1 aliphatic carbocycles. The van der Waals surface area contributed by atoms with Crippen molar-refractivity contribution in [2.24, 2.45) is 0 Å². The summed E-state index contributed by atoms with van der Waals surface area (Å²) < 4.78 is 0. The quantitative estimate of drug-likeness (QED) is 0.244. The van der Waals surface area contributed by atoms with Crippen LogP contribution >= 0.6 is 0 Å². The van der Waals surface area contributed by atoms with E-state index in [0.29, 0.717) is 17.7 Å². The SMILES string of the molecule is C=CCC(c1ncc(C)[nH]1)N(CCCCN1C(=O)c2ccccc2C1=O)C1CCCc2cccnc21. The number of fused-ring (bicyclic) bond motifs is 2. The fraction of sp³-hybridized carbons (Fsp3) is 0.379. The Morgan fingerprint density at radius 1 is 1.14 bits per heavy atom. The van der Waals surface area contributed by atoms with Crippen LogP contribution in [0.15, 0.2) is 61.4 Å². The Balaban J connectivity index is 1.34. The molecule has 1 aromatic carbocycles. The lowest BCUT2D eigenvalue weighted by Gasteiger charge is -2.39. The minimum Gasteiger partial charge on any atom is -0.345 e. The first-order valence-electron chi connectivity index (χ1n) is 12.9. The van der Waals surface area contributed by atoms with E-state index < -0.39 is 0 Å². The van der Waals surface area contributed by atoms with E-state index in [-0.39, 0.29) is 23.9 Å². The highest BCUT2D eigenvalue weighted by Gasteiger charge is 2.35. The molecular weight excluding hydrogens is 450 g/mol. The van der Waals surface area contributed by atoms with Crippen molar-refractivity contribution >= 4 is 11.8 Å². The van der Waals surface area contributed by atoms with Crippen molar-refractivity contribution in [2.45, 2.75) is 57.5 Å². The number of aromatic amines is 1. The number of rotatable bonds is 10. The molecule has 2 atom stereocenters. The lowest BCUT2D eigenvalue weighted by Crippen LogP contribution is -2.37. The van der Waals surface area contributed by atoms with Crippen molar-refractivity contribution in [3.8, 4) is 0 Å². The number of nitrogens with one attached hydrogen (secondary N) is 1. The normalized spacial score (nSPS) is 17.8. The number of benzene rings is 1. The summed E-state index contributed by atoms with van der Waals surface area (Å²) in [6.07, 6.45) is 11.3. The zero-order valence-electron chi connectivity index (χ0n) is 20.8. The number of hydrogen-bond acceptors (Lipinski definition) is 5. The van der Waals surface area contributed by atoms with Gasteiger partial charge in [-0.3, -0.25) is 24.4 Å². The van der Waals surface area contributed by atoms with E-state index in [1.54, 1.807) is 24.3 Å². The molecule has 7 nitrogen and oxygen atoms in total. The third kappa shape index (κ3) is 4.63. The highest BCUT2D eigenvalue weighted by atomic mass is 16.2. The van der Waals surface area contributed by atoms with E-state index in [4.69, 9.17) is 4.98 Å². The number of carbonyl (C=O) groups excluding carboxylic acids is 2. The average Bonchev–Trinajstić information content (AvgIpc) is 3.44. The van der Waals surface area contributed by atoms with Crippen molar-refractivity contribution in [2.75, 3.05) is 13.1 Å². The van der Waals surface area contributed by atoms with Gasteiger partial charge in [-0.15, -0.1) is 6.58 Å². The van der Waals surface area contributed by atoms with Gasteiger partial charge >= 0.3 is 0 Å². The fourth-order valence-electron chi connectivity index (χ4n) is 5.61. The van der Waals surface area contributed by atoms with Crippen LogP contribution in [0.2, 0.25) is 0 Å². The van der Waals surface area contributed by atoms with Gasteiger partial charge in [0.25, 0.3) is 11.8 Å². The van der Waals surface area contributed by atoms with Crippen LogP contribution in [-0.2, 0) is 6.42 Å². The summed E-state index contributed by atoms with van der Waals surface area (Å²) in [7, 11) is 0. The Morgan fingerprint density at radius 2 is 1.92 bits per heavy atom. The van der Waals surface area contributed by atoms with Gasteiger partial charge in [-0.1, -0.05) is 24.3 Å². The molecule has 3 heterocycles. The highest BCUT2D eigenvalue weighted by molar-refractivity contribution is 6.21. The molecule has 3 aromatic rings. The average molecular weight is 484 g/mol. The smallest absolute Gasteiger partial charge is 0.261 e. The van der Waals surface area contributed by atoms with Gasteiger partial charge in [0.2, 0.25) is 0 Å². The molecule has 0 bridgehead atoms. The second kappa shape index (κ2) is 10.6. The lowest BCUT2D eigenvalue weighted by atomic mass is 9.89. The molecular formula is C29H33N5O2. The minimum atomic E-state index is -0.187. The molecule has 36 heavy (non-hydrogen) atoms. The maximum Gasteiger partial charge on any atom is 0.261 e. The molecule has 1 aliphatic heterocycles. The van der Waals surface area contributed by atoms with Gasteiger partial charge in [-0.25, -0.2) is 4.98 Å². The van der Waals surface area contributed by atoms with Crippen LogP contribution < -0.4 is 0 Å². The van der Waals surface area contributed by atoms with Crippen LogP contribution in [0.5, 0.6) is 0 Å². The molecule has 0 fully saturated rings. The molecule has 1 N–H and O–H groups in total. The van der Waals surface area contributed by atoms with Crippen LogP contribution in [0, 0.1) is 6.92 Å². The van der Waals surface area contributed by atoms with Crippen molar-refractivity contribution in [3.63, 3.8) is 0 Å². The second-order valence-electron chi connectivity index (χ2n) is 9.70. The van der Waals surface area contributed by atoms with E-state index in [2.05, 4.69) is 27.5 Å². The predicted octanol–water partition coefficient (Wildman–Crippen LogP) is 5.19. The van der Waals surface area contributed by atoms with Gasteiger partial charge in [0.1, 0.15) is 5.82 Å². The van der Waals surface area contributed by atoms with Gasteiger partial charge in [0.15, 0.2) is 0 Å². The number of pyridine rings is 1. The van der Waals surface area contributed by atoms with Crippen molar-refractivity contribution < 1.29 is 9.59 Å². The van der Waals surface area contributed by atoms with Crippen molar-refractivity contribution in [1.82, 2.24) is 24.8 Å². The molecule has 0 saturated carbocycles. The number of imidazole rings is 1. The number of unbranched alkanes of at least 4 members (excludes halogenated alkanes) is 1. The maximum absolute atomic E-state index is 12.8. The Bertz CT molecular complexity index is 1230. The van der Waals surface area contributed by atoms with Crippen LogP contribution in [0.3, 0.4) is 0 Å². The second-order valence-corrected chi connectivity index (χ2v) is 9.70. The van der Waals surface area contributed by atoms with Gasteiger partial charge in [0, 0.05) is 24.6 Å². The summed E-state index contributed by atoms with van der Waals surface area (Å²) in [6, 6.07) is 11.5. The summed E-state index contributed by atoms with van der Waals surface area (Å²) in [5, 5.41) is 0. The Kier molecular flexibility index (Phi) is 7.09. The standard InChI is InChI=1S/C29H33N5O2/c1-3-10-25(27-31-19-20(2)32-27)33(24-15-8-11-21-12-9-16-30-26(21)24)17-6-7-18-34-28(35)22-13-4-5-14-23(22)29(34)36/h3-5,9,12-14,16,19,24-25H,1,6-8,10-11,15,17-18H2,2H3,(H,31,32). The third-order valence-electron chi connectivity index (χ3n) is 7.32. The fourth-order valence-corrected chi connectivity index (χ4v) is 5.61. The largest absolute Gasteiger partial charge is 0.345 e. The molecule has 2 unspecified atom stereocenters. The summed E-state index contributed by atoms with van der Waals surface area (Å²) in [5.41, 5.74) is 4.52. The van der Waals surface area contributed by atoms with Crippen LogP contribution in [0.25, 0.3) is 0 Å². The van der Waals surface area contributed by atoms with Gasteiger partial charge < -0.3 is 4.98 Å². The Labute approximate surface area is 212 Å². The molecule has 5 rings (SSSR count). The van der Waals surface area contributed by atoms with Crippen LogP contribution in [-0.4, -0.2) is 49.7 Å². The number of aromatic nitrogens is 3. The first-order valence-corrected chi connectivity index (χ1v) is 12.9. The Hall–Kier alpha value is -3.58. The van der Waals surface area contributed by atoms with E-state index in [0.717, 1.165) is 62.3 Å². The molecule has 0 spiro atoms. The number of nitrogens with zero attached hydrogens (tertiary/aromatic N) is 4. The van der Waals surface area contributed by atoms with Gasteiger partial charge in [0.05, 0.1) is 28.9 Å². The topological polar surface area (TPSA) is 82.2 Å². The summed E-state index contributed by atoms with van der Waals surface area (Å²) in [6.45, 7) is 7.27. The van der Waals surface area contributed by atoms with E-state index in [1.807, 2.05) is 31.5 Å². The monoisotopic (exact) mass is 483 g/mol.